The molecule has 0 fully saturated rings. The van der Waals surface area contributed by atoms with E-state index in [-0.39, 0.29) is 24.2 Å². The quantitative estimate of drug-likeness (QED) is 0.747. The van der Waals surface area contributed by atoms with Crippen LogP contribution in [0.1, 0.15) is 49.1 Å². The van der Waals surface area contributed by atoms with E-state index in [2.05, 4.69) is 24.5 Å². The zero-order chi connectivity index (χ0) is 15.3. The number of aryl methyl sites for hydroxylation is 1. The summed E-state index contributed by atoms with van der Waals surface area (Å²) in [6.07, 6.45) is 0.987. The van der Waals surface area contributed by atoms with E-state index in [1.54, 1.807) is 6.92 Å². The van der Waals surface area contributed by atoms with E-state index in [1.807, 2.05) is 6.92 Å². The van der Waals surface area contributed by atoms with Crippen LogP contribution in [0.5, 0.6) is 0 Å². The van der Waals surface area contributed by atoms with Crippen molar-refractivity contribution in [3.63, 3.8) is 0 Å². The zero-order valence-electron chi connectivity index (χ0n) is 12.3. The van der Waals surface area contributed by atoms with Gasteiger partial charge in [0.05, 0.1) is 6.54 Å². The molecule has 6 nitrogen and oxygen atoms in total. The molecule has 0 spiro atoms. The molecule has 0 radical (unpaired) electrons. The average molecular weight is 282 g/mol. The number of aromatic carboxylic acids is 1. The fourth-order valence-electron chi connectivity index (χ4n) is 1.76. The molecule has 1 aromatic rings. The Morgan fingerprint density at radius 1 is 1.40 bits per heavy atom. The number of carboxylic acid groups (broad SMARTS) is 1. The van der Waals surface area contributed by atoms with Crippen LogP contribution in [-0.4, -0.2) is 23.1 Å². The fourth-order valence-corrected chi connectivity index (χ4v) is 1.76. The summed E-state index contributed by atoms with van der Waals surface area (Å²) in [6.45, 7) is 7.83. The van der Waals surface area contributed by atoms with Crippen molar-refractivity contribution in [1.29, 1.82) is 0 Å². The maximum absolute atomic E-state index is 11.7. The average Bonchev–Trinajstić information content (AvgIpc) is 2.76. The zero-order valence-corrected chi connectivity index (χ0v) is 12.3. The van der Waals surface area contributed by atoms with Gasteiger partial charge in [-0.25, -0.2) is 9.59 Å². The first-order valence-corrected chi connectivity index (χ1v) is 6.72. The van der Waals surface area contributed by atoms with Crippen LogP contribution < -0.4 is 10.6 Å². The second-order valence-corrected chi connectivity index (χ2v) is 4.99. The number of carbonyl (C=O) groups excluding carboxylic acids is 1. The minimum absolute atomic E-state index is 0.0768. The van der Waals surface area contributed by atoms with Crippen LogP contribution in [0.25, 0.3) is 0 Å². The van der Waals surface area contributed by atoms with E-state index in [4.69, 9.17) is 9.52 Å². The number of carbonyl (C=O) groups is 2. The topological polar surface area (TPSA) is 91.6 Å². The number of furan rings is 1. The van der Waals surface area contributed by atoms with Crippen molar-refractivity contribution in [3.8, 4) is 0 Å². The lowest BCUT2D eigenvalue weighted by Crippen LogP contribution is -2.43. The van der Waals surface area contributed by atoms with Gasteiger partial charge in [0.2, 0.25) is 0 Å². The van der Waals surface area contributed by atoms with E-state index in [1.165, 1.54) is 6.07 Å². The van der Waals surface area contributed by atoms with Gasteiger partial charge in [-0.2, -0.15) is 0 Å². The van der Waals surface area contributed by atoms with Gasteiger partial charge < -0.3 is 20.2 Å². The van der Waals surface area contributed by atoms with Crippen LogP contribution in [0.2, 0.25) is 0 Å². The van der Waals surface area contributed by atoms with Crippen molar-refractivity contribution >= 4 is 12.0 Å². The second-order valence-electron chi connectivity index (χ2n) is 4.99. The molecule has 1 rings (SSSR count). The predicted molar refractivity (Wildman–Crippen MR) is 74.7 cm³/mol. The van der Waals surface area contributed by atoms with Crippen LogP contribution in [0.4, 0.5) is 4.79 Å². The van der Waals surface area contributed by atoms with Crippen LogP contribution in [0.15, 0.2) is 10.5 Å². The molecule has 6 heteroatoms. The predicted octanol–water partition coefficient (Wildman–Crippen LogP) is 2.52. The van der Waals surface area contributed by atoms with Gasteiger partial charge in [-0.05, 0) is 25.8 Å². The summed E-state index contributed by atoms with van der Waals surface area (Å²) in [6, 6.07) is 1.22. The molecule has 0 saturated carbocycles. The van der Waals surface area contributed by atoms with Gasteiger partial charge in [0, 0.05) is 6.04 Å². The Kier molecular flexibility index (Phi) is 5.61. The summed E-state index contributed by atoms with van der Waals surface area (Å²) in [7, 11) is 0. The summed E-state index contributed by atoms with van der Waals surface area (Å²) in [5, 5.41) is 14.4. The van der Waals surface area contributed by atoms with Crippen molar-refractivity contribution in [1.82, 2.24) is 10.6 Å². The van der Waals surface area contributed by atoms with E-state index in [0.29, 0.717) is 17.4 Å². The van der Waals surface area contributed by atoms with Crippen LogP contribution >= 0.6 is 0 Å². The van der Waals surface area contributed by atoms with E-state index < -0.39 is 5.97 Å². The summed E-state index contributed by atoms with van der Waals surface area (Å²) < 4.78 is 5.28. The van der Waals surface area contributed by atoms with Crippen molar-refractivity contribution in [2.45, 2.75) is 46.7 Å². The molecule has 0 aliphatic heterocycles. The van der Waals surface area contributed by atoms with Gasteiger partial charge in [0.1, 0.15) is 17.1 Å². The van der Waals surface area contributed by atoms with Gasteiger partial charge in [-0.3, -0.25) is 0 Å². The monoisotopic (exact) mass is 282 g/mol. The molecule has 1 heterocycles. The van der Waals surface area contributed by atoms with Crippen molar-refractivity contribution in [3.05, 3.63) is 23.2 Å². The van der Waals surface area contributed by atoms with E-state index in [0.717, 1.165) is 6.42 Å². The third kappa shape index (κ3) is 4.29. The molecule has 0 bridgehead atoms. The second kappa shape index (κ2) is 6.98. The number of hydrogen-bond donors (Lipinski definition) is 3. The first kappa shape index (κ1) is 16.1. The van der Waals surface area contributed by atoms with Gasteiger partial charge in [0.15, 0.2) is 0 Å². The Bertz CT molecular complexity index is 482. The van der Waals surface area contributed by atoms with E-state index >= 15 is 0 Å². The molecular formula is C14H22N2O4. The highest BCUT2D eigenvalue weighted by molar-refractivity contribution is 5.88. The molecule has 2 unspecified atom stereocenters. The van der Waals surface area contributed by atoms with E-state index in [9.17, 15) is 9.59 Å². The standard InChI is InChI=1S/C14H22N2O4/c1-5-8(2)9(3)16-14(19)15-7-11-6-12(13(17)18)10(4)20-11/h6,8-9H,5,7H2,1-4H3,(H,17,18)(H2,15,16,19). The van der Waals surface area contributed by atoms with Gasteiger partial charge in [-0.15, -0.1) is 0 Å². The van der Waals surface area contributed by atoms with Crippen molar-refractivity contribution in [2.75, 3.05) is 0 Å². The van der Waals surface area contributed by atoms with Crippen LogP contribution in [0, 0.1) is 12.8 Å². The lowest BCUT2D eigenvalue weighted by Gasteiger charge is -2.19. The number of carboxylic acids is 1. The molecule has 0 saturated heterocycles. The Morgan fingerprint density at radius 3 is 2.55 bits per heavy atom. The van der Waals surface area contributed by atoms with Gasteiger partial charge in [0.25, 0.3) is 0 Å². The SMILES string of the molecule is CCC(C)C(C)NC(=O)NCc1cc(C(=O)O)c(C)o1. The molecule has 0 aromatic carbocycles. The summed E-state index contributed by atoms with van der Waals surface area (Å²) in [5.41, 5.74) is 0.121. The third-order valence-electron chi connectivity index (χ3n) is 3.48. The Labute approximate surface area is 118 Å². The van der Waals surface area contributed by atoms with Crippen molar-refractivity contribution < 1.29 is 19.1 Å². The highest BCUT2D eigenvalue weighted by Crippen LogP contribution is 2.14. The molecule has 2 atom stereocenters. The largest absolute Gasteiger partial charge is 0.478 e. The molecule has 20 heavy (non-hydrogen) atoms. The number of amides is 2. The number of nitrogens with one attached hydrogen (secondary N) is 2. The molecule has 112 valence electrons. The van der Waals surface area contributed by atoms with Crippen LogP contribution in [-0.2, 0) is 6.54 Å². The molecule has 0 aliphatic carbocycles. The first-order valence-electron chi connectivity index (χ1n) is 6.72. The summed E-state index contributed by atoms with van der Waals surface area (Å²) in [4.78, 5) is 22.6. The Balaban J connectivity index is 2.49. The minimum atomic E-state index is -1.03. The molecule has 3 N–H and O–H groups in total. The number of rotatable bonds is 6. The minimum Gasteiger partial charge on any atom is -0.478 e. The highest BCUT2D eigenvalue weighted by atomic mass is 16.4. The molecule has 2 amide bonds. The highest BCUT2D eigenvalue weighted by Gasteiger charge is 2.15. The maximum Gasteiger partial charge on any atom is 0.339 e. The van der Waals surface area contributed by atoms with Crippen molar-refractivity contribution in [2.24, 2.45) is 5.92 Å². The molecule has 1 aromatic heterocycles. The number of urea groups is 1. The Hall–Kier alpha value is -1.98. The first-order chi connectivity index (χ1) is 9.35. The fraction of sp³-hybridized carbons (Fsp3) is 0.571. The lowest BCUT2D eigenvalue weighted by atomic mass is 10.0. The smallest absolute Gasteiger partial charge is 0.339 e. The lowest BCUT2D eigenvalue weighted by molar-refractivity contribution is 0.0695. The molecule has 0 aliphatic rings. The van der Waals surface area contributed by atoms with Gasteiger partial charge >= 0.3 is 12.0 Å². The molecular weight excluding hydrogens is 260 g/mol. The van der Waals surface area contributed by atoms with Crippen LogP contribution in [0.3, 0.4) is 0 Å². The number of hydrogen-bond acceptors (Lipinski definition) is 3. The van der Waals surface area contributed by atoms with Gasteiger partial charge in [-0.1, -0.05) is 20.3 Å². The maximum atomic E-state index is 11.7. The Morgan fingerprint density at radius 2 is 2.05 bits per heavy atom. The normalized spacial score (nSPS) is 13.6. The third-order valence-corrected chi connectivity index (χ3v) is 3.48. The summed E-state index contributed by atoms with van der Waals surface area (Å²) in [5.74, 6) is 0.117. The summed E-state index contributed by atoms with van der Waals surface area (Å²) >= 11 is 0.